The van der Waals surface area contributed by atoms with Gasteiger partial charge in [-0.05, 0) is 36.4 Å². The molecule has 2 aromatic heterocycles. The van der Waals surface area contributed by atoms with Gasteiger partial charge in [0, 0.05) is 35.5 Å². The third kappa shape index (κ3) is 2.33. The van der Waals surface area contributed by atoms with Crippen LogP contribution in [0, 0.1) is 0 Å². The smallest absolute Gasteiger partial charge is 0.222 e. The van der Waals surface area contributed by atoms with Gasteiger partial charge < -0.3 is 9.67 Å². The number of aromatic nitrogens is 3. The Morgan fingerprint density at radius 1 is 1.39 bits per heavy atom. The maximum atomic E-state index is 10.3. The highest BCUT2D eigenvalue weighted by molar-refractivity contribution is 6.28. The van der Waals surface area contributed by atoms with Crippen molar-refractivity contribution in [1.29, 1.82) is 0 Å². The van der Waals surface area contributed by atoms with Gasteiger partial charge in [-0.3, -0.25) is 0 Å². The van der Waals surface area contributed by atoms with Crippen LogP contribution in [0.4, 0.5) is 0 Å². The molecule has 1 aromatic carbocycles. The van der Waals surface area contributed by atoms with Gasteiger partial charge in [0.05, 0.1) is 17.3 Å². The summed E-state index contributed by atoms with van der Waals surface area (Å²) in [5.74, 6) is 0. The van der Waals surface area contributed by atoms with E-state index in [1.165, 1.54) is 16.5 Å². The van der Waals surface area contributed by atoms with Crippen molar-refractivity contribution in [3.05, 3.63) is 47.0 Å². The molecule has 118 valence electrons. The van der Waals surface area contributed by atoms with Crippen LogP contribution in [0.25, 0.3) is 22.2 Å². The summed E-state index contributed by atoms with van der Waals surface area (Å²) >= 11 is 6.04. The van der Waals surface area contributed by atoms with E-state index in [0.29, 0.717) is 6.42 Å². The van der Waals surface area contributed by atoms with Crippen LogP contribution in [0.5, 0.6) is 0 Å². The lowest BCUT2D eigenvalue weighted by Crippen LogP contribution is -2.05. The molecule has 0 fully saturated rings. The van der Waals surface area contributed by atoms with Crippen molar-refractivity contribution >= 4 is 22.5 Å². The predicted octanol–water partition coefficient (Wildman–Crippen LogP) is 4.14. The molecular formula is C18H18ClN3O. The van der Waals surface area contributed by atoms with Gasteiger partial charge in [-0.2, -0.15) is 0 Å². The number of rotatable bonds is 3. The number of aliphatic hydroxyl groups is 1. The van der Waals surface area contributed by atoms with Gasteiger partial charge >= 0.3 is 0 Å². The molecule has 4 nitrogen and oxygen atoms in total. The number of halogens is 1. The van der Waals surface area contributed by atoms with Crippen molar-refractivity contribution in [2.45, 2.75) is 38.8 Å². The number of para-hydroxylation sites is 1. The highest BCUT2D eigenvalue weighted by Crippen LogP contribution is 2.37. The molecule has 1 atom stereocenters. The fourth-order valence-electron chi connectivity index (χ4n) is 3.49. The predicted molar refractivity (Wildman–Crippen MR) is 91.5 cm³/mol. The van der Waals surface area contributed by atoms with E-state index in [-0.39, 0.29) is 5.28 Å². The van der Waals surface area contributed by atoms with Crippen LogP contribution < -0.4 is 0 Å². The van der Waals surface area contributed by atoms with E-state index < -0.39 is 6.10 Å². The minimum atomic E-state index is -0.589. The summed E-state index contributed by atoms with van der Waals surface area (Å²) in [6.07, 6.45) is 6.06. The Bertz CT molecular complexity index is 887. The molecule has 5 heteroatoms. The van der Waals surface area contributed by atoms with Crippen molar-refractivity contribution in [3.8, 4) is 11.3 Å². The first-order chi connectivity index (χ1) is 11.2. The molecule has 1 aliphatic rings. The molecular weight excluding hydrogens is 310 g/mol. The van der Waals surface area contributed by atoms with E-state index in [2.05, 4.69) is 38.9 Å². The lowest BCUT2D eigenvalue weighted by atomic mass is 9.99. The van der Waals surface area contributed by atoms with Crippen molar-refractivity contribution in [1.82, 2.24) is 14.5 Å². The average molecular weight is 328 g/mol. The van der Waals surface area contributed by atoms with E-state index in [0.717, 1.165) is 36.2 Å². The SMILES string of the molecule is CCC(O)c1cnc(Cl)nc1-c1cn2c3c(cccc13)CCC2. The molecule has 23 heavy (non-hydrogen) atoms. The molecule has 0 bridgehead atoms. The summed E-state index contributed by atoms with van der Waals surface area (Å²) in [4.78, 5) is 8.50. The Hall–Kier alpha value is -1.91. The first-order valence-corrected chi connectivity index (χ1v) is 8.38. The van der Waals surface area contributed by atoms with E-state index in [9.17, 15) is 5.11 Å². The second-order valence-corrected chi connectivity index (χ2v) is 6.36. The standard InChI is InChI=1S/C18H18ClN3O/c1-2-15(23)13-9-20-18(19)21-16(13)14-10-22-8-4-6-11-5-3-7-12(14)17(11)22/h3,5,7,9-10,15,23H,2,4,6,8H2,1H3. The third-order valence-electron chi connectivity index (χ3n) is 4.62. The first-order valence-electron chi connectivity index (χ1n) is 8.00. The van der Waals surface area contributed by atoms with E-state index in [4.69, 9.17) is 11.6 Å². The molecule has 0 spiro atoms. The monoisotopic (exact) mass is 327 g/mol. The summed E-state index contributed by atoms with van der Waals surface area (Å²) in [6, 6.07) is 6.40. The molecule has 0 saturated carbocycles. The molecule has 1 N–H and O–H groups in total. The second-order valence-electron chi connectivity index (χ2n) is 6.02. The number of nitrogens with zero attached hydrogens (tertiary/aromatic N) is 3. The Kier molecular flexibility index (Phi) is 3.58. The number of hydrogen-bond donors (Lipinski definition) is 1. The summed E-state index contributed by atoms with van der Waals surface area (Å²) in [5.41, 5.74) is 5.15. The summed E-state index contributed by atoms with van der Waals surface area (Å²) < 4.78 is 2.29. The topological polar surface area (TPSA) is 50.9 Å². The summed E-state index contributed by atoms with van der Waals surface area (Å²) in [5, 5.41) is 11.7. The van der Waals surface area contributed by atoms with Gasteiger partial charge in [0.1, 0.15) is 0 Å². The normalized spacial score (nSPS) is 15.1. The lowest BCUT2D eigenvalue weighted by molar-refractivity contribution is 0.173. The third-order valence-corrected chi connectivity index (χ3v) is 4.80. The maximum absolute atomic E-state index is 10.3. The van der Waals surface area contributed by atoms with Gasteiger partial charge in [-0.25, -0.2) is 9.97 Å². The van der Waals surface area contributed by atoms with Crippen LogP contribution in [0.2, 0.25) is 5.28 Å². The largest absolute Gasteiger partial charge is 0.388 e. The zero-order chi connectivity index (χ0) is 16.0. The van der Waals surface area contributed by atoms with Crippen LogP contribution in [-0.4, -0.2) is 19.6 Å². The van der Waals surface area contributed by atoms with E-state index >= 15 is 0 Å². The number of benzene rings is 1. The van der Waals surface area contributed by atoms with Gasteiger partial charge in [-0.1, -0.05) is 25.1 Å². The maximum Gasteiger partial charge on any atom is 0.222 e. The van der Waals surface area contributed by atoms with Gasteiger partial charge in [-0.15, -0.1) is 0 Å². The molecule has 0 radical (unpaired) electrons. The highest BCUT2D eigenvalue weighted by Gasteiger charge is 2.21. The number of aliphatic hydroxyl groups excluding tert-OH is 1. The van der Waals surface area contributed by atoms with Crippen molar-refractivity contribution in [3.63, 3.8) is 0 Å². The van der Waals surface area contributed by atoms with Gasteiger partial charge in [0.15, 0.2) is 0 Å². The second kappa shape index (κ2) is 5.62. The summed E-state index contributed by atoms with van der Waals surface area (Å²) in [6.45, 7) is 2.95. The molecule has 1 unspecified atom stereocenters. The Balaban J connectivity index is 2.01. The molecule has 1 aliphatic heterocycles. The van der Waals surface area contributed by atoms with E-state index in [1.54, 1.807) is 6.20 Å². The summed E-state index contributed by atoms with van der Waals surface area (Å²) in [7, 11) is 0. The minimum Gasteiger partial charge on any atom is -0.388 e. The Morgan fingerprint density at radius 3 is 3.09 bits per heavy atom. The molecule has 3 aromatic rings. The van der Waals surface area contributed by atoms with Crippen LogP contribution in [-0.2, 0) is 13.0 Å². The zero-order valence-electron chi connectivity index (χ0n) is 13.0. The minimum absolute atomic E-state index is 0.207. The molecule has 0 saturated heterocycles. The lowest BCUT2D eigenvalue weighted by Gasteiger charge is -2.14. The zero-order valence-corrected chi connectivity index (χ0v) is 13.7. The molecule has 0 amide bonds. The Labute approximate surface area is 139 Å². The highest BCUT2D eigenvalue weighted by atomic mass is 35.5. The van der Waals surface area contributed by atoms with E-state index in [1.807, 2.05) is 6.92 Å². The molecule has 0 aliphatic carbocycles. The van der Waals surface area contributed by atoms with Crippen molar-refractivity contribution in [2.24, 2.45) is 0 Å². The average Bonchev–Trinajstić information content (AvgIpc) is 2.95. The van der Waals surface area contributed by atoms with Crippen molar-refractivity contribution in [2.75, 3.05) is 0 Å². The van der Waals surface area contributed by atoms with Gasteiger partial charge in [0.25, 0.3) is 0 Å². The quantitative estimate of drug-likeness (QED) is 0.735. The van der Waals surface area contributed by atoms with Crippen LogP contribution in [0.3, 0.4) is 0 Å². The van der Waals surface area contributed by atoms with Crippen molar-refractivity contribution < 1.29 is 5.11 Å². The molecule has 4 rings (SSSR count). The van der Waals surface area contributed by atoms with Gasteiger partial charge in [0.2, 0.25) is 5.28 Å². The first kappa shape index (κ1) is 14.7. The number of hydrogen-bond acceptors (Lipinski definition) is 3. The van der Waals surface area contributed by atoms with Crippen LogP contribution >= 0.6 is 11.6 Å². The fraction of sp³-hybridized carbons (Fsp3) is 0.333. The fourth-order valence-corrected chi connectivity index (χ4v) is 3.63. The van der Waals surface area contributed by atoms with Crippen LogP contribution in [0.1, 0.15) is 37.0 Å². The number of aryl methyl sites for hydroxylation is 2. The Morgan fingerprint density at radius 2 is 2.26 bits per heavy atom. The van der Waals surface area contributed by atoms with Crippen LogP contribution in [0.15, 0.2) is 30.6 Å². The molecule has 3 heterocycles.